The maximum atomic E-state index is 13.3. The maximum absolute atomic E-state index is 13.3. The Balaban J connectivity index is 1.53. The molecular weight excluding hydrogens is 504 g/mol. The van der Waals surface area contributed by atoms with Crippen LogP contribution in [0.4, 0.5) is 16.5 Å². The number of carbonyl (C=O) groups excluding carboxylic acids is 2. The van der Waals surface area contributed by atoms with Crippen LogP contribution in [-0.4, -0.2) is 47.1 Å². The van der Waals surface area contributed by atoms with Gasteiger partial charge in [-0.25, -0.2) is 0 Å². The largest absolute Gasteiger partial charge is 0.378 e. The van der Waals surface area contributed by atoms with Gasteiger partial charge in [-0.05, 0) is 42.8 Å². The number of nitrogens with zero attached hydrogens (tertiary/aromatic N) is 4. The molecule has 0 aliphatic heterocycles. The van der Waals surface area contributed by atoms with Gasteiger partial charge in [0.2, 0.25) is 11.0 Å². The minimum atomic E-state index is -0.961. The predicted molar refractivity (Wildman–Crippen MR) is 148 cm³/mol. The average molecular weight is 531 g/mol. The third-order valence-electron chi connectivity index (χ3n) is 5.86. The number of nitro groups is 1. The molecule has 4 aromatic rings. The van der Waals surface area contributed by atoms with E-state index in [2.05, 4.69) is 20.8 Å². The highest BCUT2D eigenvalue weighted by Gasteiger charge is 2.24. The van der Waals surface area contributed by atoms with E-state index in [-0.39, 0.29) is 17.7 Å². The highest BCUT2D eigenvalue weighted by molar-refractivity contribution is 7.18. The molecular formula is C27H26N6O4S. The second-order valence-electron chi connectivity index (χ2n) is 8.82. The Morgan fingerprint density at radius 1 is 1.03 bits per heavy atom. The Hall–Kier alpha value is -4.64. The second-order valence-corrected chi connectivity index (χ2v) is 9.79. The third kappa shape index (κ3) is 6.37. The first-order valence-electron chi connectivity index (χ1n) is 11.7. The number of anilines is 2. The number of aromatic nitrogens is 2. The second kappa shape index (κ2) is 11.6. The molecule has 1 aromatic heterocycles. The van der Waals surface area contributed by atoms with Crippen LogP contribution in [0.5, 0.6) is 0 Å². The molecule has 0 aliphatic rings. The predicted octanol–water partition coefficient (Wildman–Crippen LogP) is 4.47. The molecule has 0 aliphatic carbocycles. The molecule has 1 atom stereocenters. The van der Waals surface area contributed by atoms with E-state index in [0.29, 0.717) is 15.7 Å². The van der Waals surface area contributed by atoms with Crippen LogP contribution < -0.4 is 15.5 Å². The molecule has 11 heteroatoms. The molecule has 0 bridgehead atoms. The van der Waals surface area contributed by atoms with E-state index in [1.54, 1.807) is 6.92 Å². The summed E-state index contributed by atoms with van der Waals surface area (Å²) in [7, 11) is 3.91. The molecule has 0 fully saturated rings. The molecule has 0 saturated carbocycles. The molecule has 3 aromatic carbocycles. The number of rotatable bonds is 9. The molecule has 38 heavy (non-hydrogen) atoms. The van der Waals surface area contributed by atoms with Crippen molar-refractivity contribution in [2.45, 2.75) is 19.4 Å². The fourth-order valence-corrected chi connectivity index (χ4v) is 4.49. The smallest absolute Gasteiger partial charge is 0.273 e. The summed E-state index contributed by atoms with van der Waals surface area (Å²) in [6, 6.07) is 20.3. The van der Waals surface area contributed by atoms with Gasteiger partial charge in [-0.15, -0.1) is 10.2 Å². The molecule has 0 saturated heterocycles. The summed E-state index contributed by atoms with van der Waals surface area (Å²) in [4.78, 5) is 39.1. The number of nitrogens with one attached hydrogen (secondary N) is 2. The molecule has 2 amide bonds. The fraction of sp³-hybridized carbons (Fsp3) is 0.185. The van der Waals surface area contributed by atoms with Crippen LogP contribution in [0.15, 0.2) is 72.8 Å². The van der Waals surface area contributed by atoms with Crippen LogP contribution in [0, 0.1) is 17.0 Å². The van der Waals surface area contributed by atoms with Crippen molar-refractivity contribution < 1.29 is 14.5 Å². The number of hydrogen-bond acceptors (Lipinski definition) is 8. The first kappa shape index (κ1) is 26.4. The van der Waals surface area contributed by atoms with Crippen molar-refractivity contribution in [3.8, 4) is 10.6 Å². The number of carbonyl (C=O) groups is 2. The van der Waals surface area contributed by atoms with Crippen molar-refractivity contribution in [2.75, 3.05) is 24.3 Å². The Morgan fingerprint density at radius 3 is 2.39 bits per heavy atom. The van der Waals surface area contributed by atoms with Crippen molar-refractivity contribution in [3.05, 3.63) is 99.6 Å². The standard InChI is InChI=1S/C27H26N6O4S/c1-17-9-10-20(16-23(17)33(36)37)24(34)28-22(15-18-7-5-4-6-8-18)25(35)29-27-31-30-26(38-27)19-11-13-21(14-12-19)32(2)3/h4-14,16,22H,15H2,1-3H3,(H,28,34)(H,29,31,35)/t22-/m1/s1. The van der Waals surface area contributed by atoms with Crippen molar-refractivity contribution in [2.24, 2.45) is 0 Å². The molecule has 0 radical (unpaired) electrons. The SMILES string of the molecule is Cc1ccc(C(=O)N[C@H](Cc2ccccc2)C(=O)Nc2nnc(-c3ccc(N(C)C)cc3)s2)cc1[N+](=O)[O-]. The normalized spacial score (nSPS) is 11.4. The molecule has 4 rings (SSSR count). The van der Waals surface area contributed by atoms with Crippen molar-refractivity contribution >= 4 is 39.7 Å². The summed E-state index contributed by atoms with van der Waals surface area (Å²) in [5.41, 5.74) is 3.11. The van der Waals surface area contributed by atoms with Gasteiger partial charge >= 0.3 is 0 Å². The quantitative estimate of drug-likeness (QED) is 0.241. The van der Waals surface area contributed by atoms with E-state index in [4.69, 9.17) is 0 Å². The van der Waals surface area contributed by atoms with E-state index in [9.17, 15) is 19.7 Å². The van der Waals surface area contributed by atoms with Gasteiger partial charge in [0.05, 0.1) is 4.92 Å². The Labute approximate surface area is 223 Å². The van der Waals surface area contributed by atoms with E-state index in [1.165, 1.54) is 29.5 Å². The van der Waals surface area contributed by atoms with Gasteiger partial charge in [0, 0.05) is 49.0 Å². The summed E-state index contributed by atoms with van der Waals surface area (Å²) in [5, 5.41) is 26.0. The average Bonchev–Trinajstić information content (AvgIpc) is 3.37. The van der Waals surface area contributed by atoms with Crippen molar-refractivity contribution in [3.63, 3.8) is 0 Å². The summed E-state index contributed by atoms with van der Waals surface area (Å²) < 4.78 is 0. The zero-order chi connectivity index (χ0) is 27.2. The van der Waals surface area contributed by atoms with Gasteiger partial charge < -0.3 is 10.2 Å². The lowest BCUT2D eigenvalue weighted by Gasteiger charge is -2.18. The number of aryl methyl sites for hydroxylation is 1. The van der Waals surface area contributed by atoms with Gasteiger partial charge in [-0.3, -0.25) is 25.0 Å². The maximum Gasteiger partial charge on any atom is 0.273 e. The molecule has 194 valence electrons. The highest BCUT2D eigenvalue weighted by atomic mass is 32.1. The van der Waals surface area contributed by atoms with Crippen LogP contribution in [0.1, 0.15) is 21.5 Å². The lowest BCUT2D eigenvalue weighted by molar-refractivity contribution is -0.385. The number of nitro benzene ring substituents is 1. The monoisotopic (exact) mass is 530 g/mol. The van der Waals surface area contributed by atoms with E-state index in [1.807, 2.05) is 73.6 Å². The Bertz CT molecular complexity index is 1450. The summed E-state index contributed by atoms with van der Waals surface area (Å²) in [6.07, 6.45) is 0.212. The van der Waals surface area contributed by atoms with Gasteiger partial charge in [-0.1, -0.05) is 47.7 Å². The van der Waals surface area contributed by atoms with Crippen molar-refractivity contribution in [1.29, 1.82) is 0 Å². The van der Waals surface area contributed by atoms with Gasteiger partial charge in [0.15, 0.2) is 0 Å². The van der Waals surface area contributed by atoms with Crippen LogP contribution >= 0.6 is 11.3 Å². The first-order valence-corrected chi connectivity index (χ1v) is 12.5. The van der Waals surface area contributed by atoms with Gasteiger partial charge in [-0.2, -0.15) is 0 Å². The van der Waals surface area contributed by atoms with Gasteiger partial charge in [0.25, 0.3) is 11.6 Å². The lowest BCUT2D eigenvalue weighted by atomic mass is 10.0. The number of amides is 2. The third-order valence-corrected chi connectivity index (χ3v) is 6.75. The summed E-state index contributed by atoms with van der Waals surface area (Å²) >= 11 is 1.22. The van der Waals surface area contributed by atoms with Crippen LogP contribution in [0.3, 0.4) is 0 Å². The zero-order valence-electron chi connectivity index (χ0n) is 21.0. The van der Waals surface area contributed by atoms with Gasteiger partial charge in [0.1, 0.15) is 11.0 Å². The minimum Gasteiger partial charge on any atom is -0.378 e. The summed E-state index contributed by atoms with van der Waals surface area (Å²) in [5.74, 6) is -1.07. The Kier molecular flexibility index (Phi) is 8.07. The van der Waals surface area contributed by atoms with Crippen molar-refractivity contribution in [1.82, 2.24) is 15.5 Å². The highest BCUT2D eigenvalue weighted by Crippen LogP contribution is 2.28. The van der Waals surface area contributed by atoms with E-state index in [0.717, 1.165) is 16.8 Å². The Morgan fingerprint density at radius 2 is 1.74 bits per heavy atom. The molecule has 0 spiro atoms. The zero-order valence-corrected chi connectivity index (χ0v) is 21.9. The lowest BCUT2D eigenvalue weighted by Crippen LogP contribution is -2.45. The van der Waals surface area contributed by atoms with Crippen LogP contribution in [0.2, 0.25) is 0 Å². The summed E-state index contributed by atoms with van der Waals surface area (Å²) in [6.45, 7) is 1.60. The van der Waals surface area contributed by atoms with Crippen LogP contribution in [0.25, 0.3) is 10.6 Å². The topological polar surface area (TPSA) is 130 Å². The number of hydrogen-bond donors (Lipinski definition) is 2. The fourth-order valence-electron chi connectivity index (χ4n) is 3.73. The van der Waals surface area contributed by atoms with E-state index < -0.39 is 22.8 Å². The minimum absolute atomic E-state index is 0.0903. The van der Waals surface area contributed by atoms with E-state index >= 15 is 0 Å². The first-order chi connectivity index (χ1) is 18.2. The van der Waals surface area contributed by atoms with Crippen LogP contribution in [-0.2, 0) is 11.2 Å². The number of benzene rings is 3. The molecule has 0 unspecified atom stereocenters. The molecule has 1 heterocycles. The molecule has 2 N–H and O–H groups in total. The molecule has 10 nitrogen and oxygen atoms in total.